The zero-order chi connectivity index (χ0) is 13.4. The number of nitrogens with zero attached hydrogens (tertiary/aromatic N) is 2. The molecule has 2 saturated heterocycles. The lowest BCUT2D eigenvalue weighted by molar-refractivity contribution is 0.261. The van der Waals surface area contributed by atoms with Crippen LogP contribution in [-0.2, 0) is 0 Å². The van der Waals surface area contributed by atoms with Gasteiger partial charge in [-0.15, -0.1) is 0 Å². The molecule has 0 amide bonds. The molecular formula is C17H21N3. The largest absolute Gasteiger partial charge is 0.369 e. The van der Waals surface area contributed by atoms with Gasteiger partial charge in [0, 0.05) is 36.6 Å². The molecule has 3 heterocycles. The molecule has 0 radical (unpaired) electrons. The maximum atomic E-state index is 4.61. The smallest absolute Gasteiger partial charge is 0.0935 e. The SMILES string of the molecule is c1cnc2c(N3CCCC4(CCNC4)C3)cccc2c1. The summed E-state index contributed by atoms with van der Waals surface area (Å²) in [4.78, 5) is 7.18. The Morgan fingerprint density at radius 1 is 1.15 bits per heavy atom. The first-order valence-corrected chi connectivity index (χ1v) is 7.66. The number of rotatable bonds is 1. The lowest BCUT2D eigenvalue weighted by atomic mass is 9.79. The van der Waals surface area contributed by atoms with Gasteiger partial charge in [-0.3, -0.25) is 4.98 Å². The van der Waals surface area contributed by atoms with Gasteiger partial charge in [-0.05, 0) is 37.9 Å². The summed E-state index contributed by atoms with van der Waals surface area (Å²) >= 11 is 0. The van der Waals surface area contributed by atoms with E-state index in [1.165, 1.54) is 50.0 Å². The summed E-state index contributed by atoms with van der Waals surface area (Å²) in [7, 11) is 0. The van der Waals surface area contributed by atoms with Gasteiger partial charge in [-0.2, -0.15) is 0 Å². The Balaban J connectivity index is 1.72. The second kappa shape index (κ2) is 4.74. The van der Waals surface area contributed by atoms with Crippen LogP contribution in [0.3, 0.4) is 0 Å². The maximum absolute atomic E-state index is 4.61. The van der Waals surface area contributed by atoms with Crippen LogP contribution in [0.1, 0.15) is 19.3 Å². The molecule has 4 rings (SSSR count). The quantitative estimate of drug-likeness (QED) is 0.861. The topological polar surface area (TPSA) is 28.2 Å². The number of nitrogens with one attached hydrogen (secondary N) is 1. The van der Waals surface area contributed by atoms with Crippen LogP contribution in [0.25, 0.3) is 10.9 Å². The summed E-state index contributed by atoms with van der Waals surface area (Å²) in [5.74, 6) is 0. The summed E-state index contributed by atoms with van der Waals surface area (Å²) in [5.41, 5.74) is 2.96. The van der Waals surface area contributed by atoms with E-state index in [2.05, 4.69) is 39.5 Å². The van der Waals surface area contributed by atoms with Gasteiger partial charge in [-0.1, -0.05) is 18.2 Å². The highest BCUT2D eigenvalue weighted by molar-refractivity contribution is 5.90. The van der Waals surface area contributed by atoms with Crippen LogP contribution in [0.15, 0.2) is 36.5 Å². The zero-order valence-corrected chi connectivity index (χ0v) is 11.8. The number of hydrogen-bond donors (Lipinski definition) is 1. The van der Waals surface area contributed by atoms with Crippen molar-refractivity contribution in [3.05, 3.63) is 36.5 Å². The molecule has 3 heteroatoms. The van der Waals surface area contributed by atoms with Crippen LogP contribution in [0.5, 0.6) is 0 Å². The molecule has 2 aliphatic heterocycles. The molecule has 1 aromatic heterocycles. The summed E-state index contributed by atoms with van der Waals surface area (Å²) in [6, 6.07) is 10.7. The number of hydrogen-bond acceptors (Lipinski definition) is 3. The van der Waals surface area contributed by atoms with E-state index in [-0.39, 0.29) is 0 Å². The highest BCUT2D eigenvalue weighted by atomic mass is 15.2. The maximum Gasteiger partial charge on any atom is 0.0935 e. The van der Waals surface area contributed by atoms with E-state index in [0.29, 0.717) is 5.41 Å². The van der Waals surface area contributed by atoms with E-state index in [1.54, 1.807) is 0 Å². The van der Waals surface area contributed by atoms with Crippen molar-refractivity contribution in [2.75, 3.05) is 31.1 Å². The van der Waals surface area contributed by atoms with Crippen LogP contribution in [0, 0.1) is 5.41 Å². The second-order valence-electron chi connectivity index (χ2n) is 6.30. The van der Waals surface area contributed by atoms with Crippen molar-refractivity contribution in [1.29, 1.82) is 0 Å². The van der Waals surface area contributed by atoms with Gasteiger partial charge in [0.15, 0.2) is 0 Å². The van der Waals surface area contributed by atoms with Crippen molar-refractivity contribution in [3.63, 3.8) is 0 Å². The standard InChI is InChI=1S/C17H21N3/c1-4-14-5-2-9-19-16(14)15(6-1)20-11-3-7-17(13-20)8-10-18-12-17/h1-2,4-6,9,18H,3,7-8,10-13H2. The molecule has 104 valence electrons. The number of fused-ring (bicyclic) bond motifs is 1. The summed E-state index contributed by atoms with van der Waals surface area (Å²) in [6.45, 7) is 4.70. The van der Waals surface area contributed by atoms with Gasteiger partial charge >= 0.3 is 0 Å². The first-order chi connectivity index (χ1) is 9.86. The Morgan fingerprint density at radius 2 is 2.10 bits per heavy atom. The lowest BCUT2D eigenvalue weighted by Gasteiger charge is -2.41. The Hall–Kier alpha value is -1.61. The van der Waals surface area contributed by atoms with Crippen LogP contribution in [0.4, 0.5) is 5.69 Å². The van der Waals surface area contributed by atoms with Gasteiger partial charge in [-0.25, -0.2) is 0 Å². The van der Waals surface area contributed by atoms with E-state index in [0.717, 1.165) is 12.1 Å². The van der Waals surface area contributed by atoms with E-state index < -0.39 is 0 Å². The third-order valence-electron chi connectivity index (χ3n) is 4.95. The fourth-order valence-electron chi connectivity index (χ4n) is 3.90. The van der Waals surface area contributed by atoms with E-state index in [1.807, 2.05) is 12.3 Å². The van der Waals surface area contributed by atoms with Gasteiger partial charge in [0.05, 0.1) is 11.2 Å². The van der Waals surface area contributed by atoms with Crippen LogP contribution < -0.4 is 10.2 Å². The van der Waals surface area contributed by atoms with Crippen LogP contribution in [-0.4, -0.2) is 31.2 Å². The molecule has 2 aromatic rings. The van der Waals surface area contributed by atoms with Crippen molar-refractivity contribution < 1.29 is 0 Å². The van der Waals surface area contributed by atoms with Crippen molar-refractivity contribution in [2.45, 2.75) is 19.3 Å². The highest BCUT2D eigenvalue weighted by Crippen LogP contribution is 2.38. The minimum atomic E-state index is 0.495. The lowest BCUT2D eigenvalue weighted by Crippen LogP contribution is -2.44. The normalized spacial score (nSPS) is 26.5. The highest BCUT2D eigenvalue weighted by Gasteiger charge is 2.38. The number of aromatic nitrogens is 1. The molecule has 1 spiro atoms. The molecular weight excluding hydrogens is 246 g/mol. The monoisotopic (exact) mass is 267 g/mol. The van der Waals surface area contributed by atoms with Crippen molar-refractivity contribution in [1.82, 2.24) is 10.3 Å². The van der Waals surface area contributed by atoms with Gasteiger partial charge in [0.1, 0.15) is 0 Å². The first-order valence-electron chi connectivity index (χ1n) is 7.66. The third kappa shape index (κ3) is 1.97. The second-order valence-corrected chi connectivity index (χ2v) is 6.30. The Bertz CT molecular complexity index is 611. The van der Waals surface area contributed by atoms with E-state index in [4.69, 9.17) is 0 Å². The average molecular weight is 267 g/mol. The van der Waals surface area contributed by atoms with Crippen molar-refractivity contribution in [3.8, 4) is 0 Å². The summed E-state index contributed by atoms with van der Waals surface area (Å²) in [5, 5.41) is 4.79. The minimum Gasteiger partial charge on any atom is -0.369 e. The fourth-order valence-corrected chi connectivity index (χ4v) is 3.90. The molecule has 3 nitrogen and oxygen atoms in total. The fraction of sp³-hybridized carbons (Fsp3) is 0.471. The van der Waals surface area contributed by atoms with E-state index >= 15 is 0 Å². The number of anilines is 1. The Morgan fingerprint density at radius 3 is 3.00 bits per heavy atom. The molecule has 1 aromatic carbocycles. The Labute approximate surface area is 120 Å². The van der Waals surface area contributed by atoms with Crippen LogP contribution >= 0.6 is 0 Å². The summed E-state index contributed by atoms with van der Waals surface area (Å²) in [6.07, 6.45) is 5.89. The predicted molar refractivity (Wildman–Crippen MR) is 83.1 cm³/mol. The van der Waals surface area contributed by atoms with Crippen molar-refractivity contribution in [2.24, 2.45) is 5.41 Å². The number of piperidine rings is 1. The number of pyridine rings is 1. The molecule has 0 aliphatic carbocycles. The first kappa shape index (κ1) is 12.2. The Kier molecular flexibility index (Phi) is 2.88. The van der Waals surface area contributed by atoms with Crippen LogP contribution in [0.2, 0.25) is 0 Å². The minimum absolute atomic E-state index is 0.495. The number of benzene rings is 1. The molecule has 0 bridgehead atoms. The average Bonchev–Trinajstić information content (AvgIpc) is 2.94. The molecule has 1 atom stereocenters. The summed E-state index contributed by atoms with van der Waals surface area (Å²) < 4.78 is 0. The van der Waals surface area contributed by atoms with Crippen molar-refractivity contribution >= 4 is 16.6 Å². The molecule has 1 unspecified atom stereocenters. The molecule has 20 heavy (non-hydrogen) atoms. The molecule has 0 saturated carbocycles. The van der Waals surface area contributed by atoms with Gasteiger partial charge < -0.3 is 10.2 Å². The predicted octanol–water partition coefficient (Wildman–Crippen LogP) is 2.81. The molecule has 2 aliphatic rings. The molecule has 1 N–H and O–H groups in total. The zero-order valence-electron chi connectivity index (χ0n) is 11.8. The van der Waals surface area contributed by atoms with E-state index in [9.17, 15) is 0 Å². The van der Waals surface area contributed by atoms with Gasteiger partial charge in [0.25, 0.3) is 0 Å². The third-order valence-corrected chi connectivity index (χ3v) is 4.95. The van der Waals surface area contributed by atoms with Gasteiger partial charge in [0.2, 0.25) is 0 Å². The number of para-hydroxylation sites is 1. The molecule has 2 fully saturated rings.